The molecule has 1 N–H and O–H groups in total. The van der Waals surface area contributed by atoms with Gasteiger partial charge < -0.3 is 5.11 Å². The maximum atomic E-state index is 10.5. The molecule has 0 bridgehead atoms. The molecule has 24 heavy (non-hydrogen) atoms. The third-order valence-corrected chi connectivity index (χ3v) is 3.68. The molecule has 0 aliphatic heterocycles. The zero-order valence-electron chi connectivity index (χ0n) is 12.9. The number of carbonyl (C=O) groups is 1. The Morgan fingerprint density at radius 3 is 2.08 bits per heavy atom. The van der Waals surface area contributed by atoms with Gasteiger partial charge in [0, 0.05) is 10.6 Å². The molecule has 2 aromatic rings. The molecule has 0 aliphatic carbocycles. The van der Waals surface area contributed by atoms with E-state index in [0.717, 1.165) is 0 Å². The number of hydrogen-bond donors (Lipinski definition) is 1. The first-order chi connectivity index (χ1) is 11.4. The van der Waals surface area contributed by atoms with E-state index in [9.17, 15) is 13.2 Å². The zero-order valence-corrected chi connectivity index (χ0v) is 14.4. The summed E-state index contributed by atoms with van der Waals surface area (Å²) in [7, 11) is -2.75. The van der Waals surface area contributed by atoms with Crippen LogP contribution in [0, 0.1) is 18.8 Å². The van der Waals surface area contributed by atoms with Gasteiger partial charge in [-0.15, -0.1) is 0 Å². The lowest BCUT2D eigenvalue weighted by molar-refractivity contribution is -0.129. The van der Waals surface area contributed by atoms with Crippen molar-refractivity contribution in [2.45, 2.75) is 13.3 Å². The molecule has 0 unspecified atom stereocenters. The molecule has 0 saturated heterocycles. The lowest BCUT2D eigenvalue weighted by Crippen LogP contribution is -2.12. The maximum Gasteiger partial charge on any atom is 0.348 e. The standard InChI is InChI=1S/C11H7ClO4S.C7H8/c12-9-6-4-8(5-7-9)2-1-3-10(11(13)14)17(15)16;1-7-5-3-2-4-6-7/h4-7H,3H2,(H,13,14);2-6H,1H3. The molecule has 4 nitrogen and oxygen atoms in total. The van der Waals surface area contributed by atoms with Crippen molar-refractivity contribution in [3.63, 3.8) is 0 Å². The van der Waals surface area contributed by atoms with Crippen molar-refractivity contribution in [2.24, 2.45) is 0 Å². The lowest BCUT2D eigenvalue weighted by Gasteiger charge is -1.90. The van der Waals surface area contributed by atoms with Crippen LogP contribution in [-0.4, -0.2) is 24.4 Å². The van der Waals surface area contributed by atoms with Crippen LogP contribution in [-0.2, 0) is 15.1 Å². The minimum absolute atomic E-state index is 0.325. The second-order valence-corrected chi connectivity index (χ2v) is 6.00. The van der Waals surface area contributed by atoms with E-state index < -0.39 is 21.1 Å². The van der Waals surface area contributed by atoms with Gasteiger partial charge in [-0.3, -0.25) is 0 Å². The highest BCUT2D eigenvalue weighted by Crippen LogP contribution is 2.08. The van der Waals surface area contributed by atoms with Crippen molar-refractivity contribution in [3.8, 4) is 11.8 Å². The Morgan fingerprint density at radius 2 is 1.67 bits per heavy atom. The van der Waals surface area contributed by atoms with Crippen LogP contribution in [0.5, 0.6) is 0 Å². The van der Waals surface area contributed by atoms with E-state index in [0.29, 0.717) is 10.6 Å². The van der Waals surface area contributed by atoms with Gasteiger partial charge in [-0.05, 0) is 31.2 Å². The third kappa shape index (κ3) is 7.63. The molecule has 0 aliphatic rings. The summed E-state index contributed by atoms with van der Waals surface area (Å²) in [5.41, 5.74) is 1.96. The van der Waals surface area contributed by atoms with E-state index in [-0.39, 0.29) is 6.42 Å². The summed E-state index contributed by atoms with van der Waals surface area (Å²) in [4.78, 5) is 9.87. The summed E-state index contributed by atoms with van der Waals surface area (Å²) in [6, 6.07) is 16.9. The molecule has 0 saturated carbocycles. The van der Waals surface area contributed by atoms with Crippen LogP contribution in [0.4, 0.5) is 0 Å². The second kappa shape index (κ2) is 10.3. The summed E-state index contributed by atoms with van der Waals surface area (Å²) in [5, 5.41) is 9.13. The first-order valence-electron chi connectivity index (χ1n) is 6.84. The van der Waals surface area contributed by atoms with Gasteiger partial charge in [-0.1, -0.05) is 59.3 Å². The molecule has 0 atom stereocenters. The van der Waals surface area contributed by atoms with Gasteiger partial charge in [0.1, 0.15) is 0 Å². The molecule has 0 heterocycles. The van der Waals surface area contributed by atoms with E-state index >= 15 is 0 Å². The second-order valence-electron chi connectivity index (χ2n) is 4.60. The SMILES string of the molecule is Cc1ccccc1.O=C(O)C(CC#Cc1ccc(Cl)cc1)=S(=O)=O. The Morgan fingerprint density at radius 1 is 1.08 bits per heavy atom. The van der Waals surface area contributed by atoms with Crippen molar-refractivity contribution >= 4 is 32.7 Å². The number of hydrogen-bond acceptors (Lipinski definition) is 3. The largest absolute Gasteiger partial charge is 0.477 e. The summed E-state index contributed by atoms with van der Waals surface area (Å²) in [6.07, 6.45) is -0.325. The minimum Gasteiger partial charge on any atom is -0.477 e. The quantitative estimate of drug-likeness (QED) is 0.657. The predicted octanol–water partition coefficient (Wildman–Crippen LogP) is 3.21. The molecule has 0 amide bonds. The average molecular weight is 363 g/mol. The number of benzene rings is 2. The van der Waals surface area contributed by atoms with Crippen LogP contribution in [0.15, 0.2) is 54.6 Å². The third-order valence-electron chi connectivity index (χ3n) is 2.71. The van der Waals surface area contributed by atoms with E-state index in [4.69, 9.17) is 16.7 Å². The minimum atomic E-state index is -2.75. The highest BCUT2D eigenvalue weighted by molar-refractivity contribution is 7.74. The van der Waals surface area contributed by atoms with Gasteiger partial charge in [0.05, 0.1) is 6.42 Å². The molecule has 2 aromatic carbocycles. The van der Waals surface area contributed by atoms with Gasteiger partial charge in [0.15, 0.2) is 4.86 Å². The van der Waals surface area contributed by atoms with Crippen LogP contribution < -0.4 is 0 Å². The molecule has 0 spiro atoms. The zero-order chi connectivity index (χ0) is 17.9. The fourth-order valence-corrected chi connectivity index (χ4v) is 1.96. The van der Waals surface area contributed by atoms with E-state index in [1.165, 1.54) is 5.56 Å². The number of aliphatic carboxylic acids is 1. The molecule has 2 rings (SSSR count). The van der Waals surface area contributed by atoms with Gasteiger partial charge in [-0.25, -0.2) is 4.79 Å². The van der Waals surface area contributed by atoms with E-state index in [2.05, 4.69) is 30.9 Å². The number of halogens is 1. The monoisotopic (exact) mass is 362 g/mol. The summed E-state index contributed by atoms with van der Waals surface area (Å²) in [6.45, 7) is 2.08. The van der Waals surface area contributed by atoms with E-state index in [1.54, 1.807) is 24.3 Å². The summed E-state index contributed by atoms with van der Waals surface area (Å²) in [5.74, 6) is 3.64. The topological polar surface area (TPSA) is 71.4 Å². The van der Waals surface area contributed by atoms with Crippen molar-refractivity contribution in [1.82, 2.24) is 0 Å². The fraction of sp³-hybridized carbons (Fsp3) is 0.111. The highest BCUT2D eigenvalue weighted by atomic mass is 35.5. The first-order valence-corrected chi connectivity index (χ1v) is 8.30. The van der Waals surface area contributed by atoms with E-state index in [1.807, 2.05) is 18.2 Å². The van der Waals surface area contributed by atoms with Crippen LogP contribution in [0.3, 0.4) is 0 Å². The molecular formula is C18H15ClO4S. The Bertz CT molecular complexity index is 866. The smallest absolute Gasteiger partial charge is 0.348 e. The Labute approximate surface area is 147 Å². The predicted molar refractivity (Wildman–Crippen MR) is 95.7 cm³/mol. The normalized spacial score (nSPS) is 8.92. The molecular weight excluding hydrogens is 348 g/mol. The van der Waals surface area contributed by atoms with Gasteiger partial charge in [0.25, 0.3) is 0 Å². The first kappa shape index (κ1) is 19.5. The molecule has 0 radical (unpaired) electrons. The maximum absolute atomic E-state index is 10.5. The number of rotatable bonds is 2. The van der Waals surface area contributed by atoms with Crippen molar-refractivity contribution < 1.29 is 18.3 Å². The van der Waals surface area contributed by atoms with Crippen molar-refractivity contribution in [1.29, 1.82) is 0 Å². The highest BCUT2D eigenvalue weighted by Gasteiger charge is 2.08. The van der Waals surface area contributed by atoms with Crippen LogP contribution in [0.2, 0.25) is 5.02 Å². The Kier molecular flexibility index (Phi) is 8.34. The molecule has 124 valence electrons. The van der Waals surface area contributed by atoms with Gasteiger partial charge in [-0.2, -0.15) is 8.42 Å². The summed E-state index contributed by atoms with van der Waals surface area (Å²) >= 11 is 5.67. The Balaban J connectivity index is 0.000000341. The number of carboxylic acids is 1. The Hall–Kier alpha value is -2.55. The number of aryl methyl sites for hydroxylation is 1. The van der Waals surface area contributed by atoms with Crippen molar-refractivity contribution in [3.05, 3.63) is 70.7 Å². The van der Waals surface area contributed by atoms with Crippen LogP contribution in [0.25, 0.3) is 0 Å². The van der Waals surface area contributed by atoms with Crippen LogP contribution >= 0.6 is 11.6 Å². The lowest BCUT2D eigenvalue weighted by atomic mass is 10.2. The van der Waals surface area contributed by atoms with Gasteiger partial charge in [0.2, 0.25) is 10.3 Å². The molecule has 0 aromatic heterocycles. The average Bonchev–Trinajstić information content (AvgIpc) is 2.54. The van der Waals surface area contributed by atoms with Gasteiger partial charge >= 0.3 is 5.97 Å². The van der Waals surface area contributed by atoms with Crippen molar-refractivity contribution in [2.75, 3.05) is 0 Å². The summed E-state index contributed by atoms with van der Waals surface area (Å²) < 4.78 is 21.0. The van der Waals surface area contributed by atoms with Crippen LogP contribution in [0.1, 0.15) is 17.5 Å². The fourth-order valence-electron chi connectivity index (χ4n) is 1.50. The molecule has 0 fully saturated rings. The number of carboxylic acid groups (broad SMARTS) is 1. The molecule has 6 heteroatoms.